The van der Waals surface area contributed by atoms with Gasteiger partial charge in [0.05, 0.1) is 17.2 Å². The Morgan fingerprint density at radius 2 is 1.91 bits per heavy atom. The van der Waals surface area contributed by atoms with Crippen LogP contribution in [0.2, 0.25) is 0 Å². The van der Waals surface area contributed by atoms with Crippen LogP contribution < -0.4 is 4.74 Å². The highest BCUT2D eigenvalue weighted by molar-refractivity contribution is 7.90. The lowest BCUT2D eigenvalue weighted by Gasteiger charge is -2.31. The second kappa shape index (κ2) is 8.97. The molecule has 1 amide bonds. The Morgan fingerprint density at radius 3 is 2.55 bits per heavy atom. The highest BCUT2D eigenvalue weighted by Gasteiger charge is 2.26. The molecule has 11 heteroatoms. The van der Waals surface area contributed by atoms with Gasteiger partial charge in [0.1, 0.15) is 11.9 Å². The molecule has 3 heterocycles. The lowest BCUT2D eigenvalue weighted by molar-refractivity contribution is 0.0502. The Morgan fingerprint density at radius 1 is 1.18 bits per heavy atom. The van der Waals surface area contributed by atoms with E-state index in [1.807, 2.05) is 13.8 Å². The van der Waals surface area contributed by atoms with Gasteiger partial charge >= 0.3 is 6.09 Å². The zero-order valence-electron chi connectivity index (χ0n) is 18.6. The third-order valence-electron chi connectivity index (χ3n) is 5.35. The van der Waals surface area contributed by atoms with E-state index < -0.39 is 15.7 Å². The first-order valence-corrected chi connectivity index (χ1v) is 12.5. The Labute approximate surface area is 191 Å². The molecule has 2 aromatic heterocycles. The van der Waals surface area contributed by atoms with E-state index in [0.717, 1.165) is 12.3 Å². The standard InChI is InChI=1S/C22H25FN4O5S/c1-14(2)31-22(28)26-10-7-15(8-11-26)32-20-6-9-24-21-18(13-25-27(20)21)17-5-4-16(12-19(17)23)33(3,29)30/h4-6,9,12-15H,7-8,10-11H2,1-3H3. The molecule has 4 rings (SSSR count). The fraction of sp³-hybridized carbons (Fsp3) is 0.409. The average Bonchev–Trinajstić information content (AvgIpc) is 3.18. The number of likely N-dealkylation sites (tertiary alicyclic amines) is 1. The van der Waals surface area contributed by atoms with Crippen LogP contribution >= 0.6 is 0 Å². The highest BCUT2D eigenvalue weighted by atomic mass is 32.2. The predicted octanol–water partition coefficient (Wildman–Crippen LogP) is 3.33. The normalized spacial score (nSPS) is 15.2. The van der Waals surface area contributed by atoms with Gasteiger partial charge in [-0.1, -0.05) is 0 Å². The number of aromatic nitrogens is 3. The van der Waals surface area contributed by atoms with E-state index in [-0.39, 0.29) is 28.8 Å². The van der Waals surface area contributed by atoms with Crippen molar-refractivity contribution in [2.45, 2.75) is 43.8 Å². The first kappa shape index (κ1) is 23.0. The van der Waals surface area contributed by atoms with Crippen LogP contribution in [0, 0.1) is 5.82 Å². The molecule has 9 nitrogen and oxygen atoms in total. The van der Waals surface area contributed by atoms with Gasteiger partial charge in [0.15, 0.2) is 15.5 Å². The maximum Gasteiger partial charge on any atom is 0.410 e. The van der Waals surface area contributed by atoms with Crippen molar-refractivity contribution < 1.29 is 27.1 Å². The van der Waals surface area contributed by atoms with Gasteiger partial charge in [0.2, 0.25) is 5.88 Å². The summed E-state index contributed by atoms with van der Waals surface area (Å²) in [7, 11) is -3.52. The fourth-order valence-corrected chi connectivity index (χ4v) is 4.33. The van der Waals surface area contributed by atoms with Crippen LogP contribution in [0.4, 0.5) is 9.18 Å². The number of carbonyl (C=O) groups excluding carboxylic acids is 1. The van der Waals surface area contributed by atoms with Crippen LogP contribution in [0.25, 0.3) is 16.8 Å². The van der Waals surface area contributed by atoms with Crippen LogP contribution in [0.1, 0.15) is 26.7 Å². The van der Waals surface area contributed by atoms with Gasteiger partial charge in [-0.15, -0.1) is 0 Å². The minimum Gasteiger partial charge on any atom is -0.474 e. The van der Waals surface area contributed by atoms with Crippen LogP contribution in [0.3, 0.4) is 0 Å². The number of rotatable bonds is 5. The Hall–Kier alpha value is -3.21. The van der Waals surface area contributed by atoms with Crippen molar-refractivity contribution >= 4 is 21.6 Å². The summed E-state index contributed by atoms with van der Waals surface area (Å²) in [6.45, 7) is 4.67. The molecule has 0 atom stereocenters. The van der Waals surface area contributed by atoms with Crippen molar-refractivity contribution in [1.29, 1.82) is 0 Å². The SMILES string of the molecule is CC(C)OC(=O)N1CCC(Oc2ccnc3c(-c4ccc(S(C)(=O)=O)cc4F)cnn23)CC1. The zero-order chi connectivity index (χ0) is 23.8. The third-order valence-corrected chi connectivity index (χ3v) is 6.46. The first-order valence-electron chi connectivity index (χ1n) is 10.6. The number of sulfone groups is 1. The Kier molecular flexibility index (Phi) is 6.24. The number of benzene rings is 1. The number of fused-ring (bicyclic) bond motifs is 1. The van der Waals surface area contributed by atoms with E-state index in [0.29, 0.717) is 43.0 Å². The van der Waals surface area contributed by atoms with Gasteiger partial charge in [-0.05, 0) is 32.0 Å². The number of carbonyl (C=O) groups is 1. The van der Waals surface area contributed by atoms with Crippen molar-refractivity contribution in [3.8, 4) is 17.0 Å². The summed E-state index contributed by atoms with van der Waals surface area (Å²) in [5, 5.41) is 4.31. The number of nitrogens with zero attached hydrogens (tertiary/aromatic N) is 4. The van der Waals surface area contributed by atoms with Gasteiger partial charge in [-0.3, -0.25) is 0 Å². The van der Waals surface area contributed by atoms with Crippen molar-refractivity contribution in [2.75, 3.05) is 19.3 Å². The van der Waals surface area contributed by atoms with Crippen LogP contribution in [0.5, 0.6) is 5.88 Å². The average molecular weight is 477 g/mol. The minimum atomic E-state index is -3.52. The topological polar surface area (TPSA) is 103 Å². The van der Waals surface area contributed by atoms with E-state index in [1.54, 1.807) is 17.2 Å². The molecule has 33 heavy (non-hydrogen) atoms. The molecule has 0 aliphatic carbocycles. The summed E-state index contributed by atoms with van der Waals surface area (Å²) < 4.78 is 51.0. The summed E-state index contributed by atoms with van der Waals surface area (Å²) in [4.78, 5) is 17.9. The first-order chi connectivity index (χ1) is 15.6. The molecule has 0 bridgehead atoms. The molecular weight excluding hydrogens is 451 g/mol. The number of piperidine rings is 1. The number of hydrogen-bond donors (Lipinski definition) is 0. The smallest absolute Gasteiger partial charge is 0.410 e. The van der Waals surface area contributed by atoms with Crippen LogP contribution in [-0.2, 0) is 14.6 Å². The van der Waals surface area contributed by atoms with E-state index in [1.165, 1.54) is 22.8 Å². The molecule has 176 valence electrons. The number of ether oxygens (including phenoxy) is 2. The van der Waals surface area contributed by atoms with Crippen LogP contribution in [0.15, 0.2) is 41.6 Å². The molecule has 0 unspecified atom stereocenters. The van der Waals surface area contributed by atoms with Gasteiger partial charge in [0.25, 0.3) is 0 Å². The molecule has 1 aliphatic rings. The molecule has 0 spiro atoms. The molecule has 0 N–H and O–H groups in total. The van der Waals surface area contributed by atoms with E-state index >= 15 is 0 Å². The van der Waals surface area contributed by atoms with Crippen molar-refractivity contribution in [2.24, 2.45) is 0 Å². The summed E-state index contributed by atoms with van der Waals surface area (Å²) in [5.74, 6) is -0.232. The van der Waals surface area contributed by atoms with Gasteiger partial charge in [0, 0.05) is 55.6 Å². The second-order valence-corrected chi connectivity index (χ2v) is 10.2. The van der Waals surface area contributed by atoms with E-state index in [4.69, 9.17) is 9.47 Å². The van der Waals surface area contributed by atoms with Crippen LogP contribution in [-0.4, -0.2) is 65.6 Å². The quantitative estimate of drug-likeness (QED) is 0.556. The molecule has 0 radical (unpaired) electrons. The van der Waals surface area contributed by atoms with E-state index in [9.17, 15) is 17.6 Å². The van der Waals surface area contributed by atoms with E-state index in [2.05, 4.69) is 10.1 Å². The summed E-state index contributed by atoms with van der Waals surface area (Å²) >= 11 is 0. The fourth-order valence-electron chi connectivity index (χ4n) is 3.70. The van der Waals surface area contributed by atoms with Gasteiger partial charge in [-0.25, -0.2) is 22.6 Å². The van der Waals surface area contributed by atoms with Gasteiger partial charge in [-0.2, -0.15) is 9.61 Å². The Bertz CT molecular complexity index is 1280. The molecule has 1 saturated heterocycles. The monoisotopic (exact) mass is 476 g/mol. The van der Waals surface area contributed by atoms with Crippen molar-refractivity contribution in [3.05, 3.63) is 42.5 Å². The summed E-state index contributed by atoms with van der Waals surface area (Å²) in [5.41, 5.74) is 1.000. The van der Waals surface area contributed by atoms with Gasteiger partial charge < -0.3 is 14.4 Å². The van der Waals surface area contributed by atoms with Crippen molar-refractivity contribution in [1.82, 2.24) is 19.5 Å². The zero-order valence-corrected chi connectivity index (χ0v) is 19.4. The molecule has 0 saturated carbocycles. The summed E-state index contributed by atoms with van der Waals surface area (Å²) in [6.07, 6.45) is 4.69. The number of halogens is 1. The minimum absolute atomic E-state index is 0.0965. The molecule has 1 fully saturated rings. The third kappa shape index (κ3) is 4.92. The summed E-state index contributed by atoms with van der Waals surface area (Å²) in [6, 6.07) is 5.43. The largest absolute Gasteiger partial charge is 0.474 e. The second-order valence-electron chi connectivity index (χ2n) is 8.23. The number of hydrogen-bond acceptors (Lipinski definition) is 7. The highest BCUT2D eigenvalue weighted by Crippen LogP contribution is 2.30. The maximum absolute atomic E-state index is 14.7. The molecule has 1 aliphatic heterocycles. The molecule has 1 aromatic carbocycles. The van der Waals surface area contributed by atoms with Crippen molar-refractivity contribution in [3.63, 3.8) is 0 Å². The molecule has 3 aromatic rings. The Balaban J connectivity index is 1.53. The lowest BCUT2D eigenvalue weighted by atomic mass is 10.1. The predicted molar refractivity (Wildman–Crippen MR) is 118 cm³/mol. The maximum atomic E-state index is 14.7. The molecular formula is C22H25FN4O5S. The lowest BCUT2D eigenvalue weighted by Crippen LogP contribution is -2.42. The number of amides is 1.